The highest BCUT2D eigenvalue weighted by atomic mass is 16.5. The highest BCUT2D eigenvalue weighted by Crippen LogP contribution is 2.18. The number of rotatable bonds is 9. The second-order valence-corrected chi connectivity index (χ2v) is 5.95. The SMILES string of the molecule is C=C(C)COc1ccc(NC(=O)c2ccc(OCCCC)cc2)cc1. The molecular weight excluding hydrogens is 314 g/mol. The Bertz CT molecular complexity index is 690. The summed E-state index contributed by atoms with van der Waals surface area (Å²) >= 11 is 0. The average Bonchev–Trinajstić information content (AvgIpc) is 2.62. The lowest BCUT2D eigenvalue weighted by Crippen LogP contribution is -2.11. The zero-order valence-corrected chi connectivity index (χ0v) is 14.9. The molecule has 0 aromatic heterocycles. The molecule has 0 atom stereocenters. The topological polar surface area (TPSA) is 47.6 Å². The summed E-state index contributed by atoms with van der Waals surface area (Å²) in [6.45, 7) is 9.01. The first-order chi connectivity index (χ1) is 12.1. The van der Waals surface area contributed by atoms with Gasteiger partial charge in [0.1, 0.15) is 18.1 Å². The van der Waals surface area contributed by atoms with Gasteiger partial charge >= 0.3 is 0 Å². The molecule has 4 heteroatoms. The summed E-state index contributed by atoms with van der Waals surface area (Å²) in [5, 5.41) is 2.87. The maximum atomic E-state index is 12.3. The van der Waals surface area contributed by atoms with Gasteiger partial charge in [0.25, 0.3) is 5.91 Å². The normalized spacial score (nSPS) is 10.2. The predicted octanol–water partition coefficient (Wildman–Crippen LogP) is 5.07. The van der Waals surface area contributed by atoms with E-state index in [4.69, 9.17) is 9.47 Å². The van der Waals surface area contributed by atoms with E-state index in [-0.39, 0.29) is 5.91 Å². The third-order valence-electron chi connectivity index (χ3n) is 3.48. The van der Waals surface area contributed by atoms with E-state index in [0.29, 0.717) is 18.8 Å². The van der Waals surface area contributed by atoms with Gasteiger partial charge in [-0.25, -0.2) is 0 Å². The van der Waals surface area contributed by atoms with Crippen LogP contribution in [-0.4, -0.2) is 19.1 Å². The third-order valence-corrected chi connectivity index (χ3v) is 3.48. The molecule has 0 aliphatic carbocycles. The number of unbranched alkanes of at least 4 members (excludes halogenated alkanes) is 1. The summed E-state index contributed by atoms with van der Waals surface area (Å²) in [4.78, 5) is 12.3. The van der Waals surface area contributed by atoms with Crippen LogP contribution in [0.4, 0.5) is 5.69 Å². The van der Waals surface area contributed by atoms with E-state index >= 15 is 0 Å². The average molecular weight is 339 g/mol. The molecule has 1 N–H and O–H groups in total. The smallest absolute Gasteiger partial charge is 0.255 e. The number of anilines is 1. The minimum absolute atomic E-state index is 0.157. The van der Waals surface area contributed by atoms with Crippen LogP contribution in [0.5, 0.6) is 11.5 Å². The molecule has 0 fully saturated rings. The van der Waals surface area contributed by atoms with Crippen LogP contribution in [0.1, 0.15) is 37.0 Å². The minimum Gasteiger partial charge on any atom is -0.494 e. The lowest BCUT2D eigenvalue weighted by Gasteiger charge is -2.09. The van der Waals surface area contributed by atoms with Crippen LogP contribution < -0.4 is 14.8 Å². The molecule has 2 rings (SSSR count). The van der Waals surface area contributed by atoms with Crippen LogP contribution >= 0.6 is 0 Å². The van der Waals surface area contributed by atoms with Gasteiger partial charge in [-0.15, -0.1) is 0 Å². The summed E-state index contributed by atoms with van der Waals surface area (Å²) in [7, 11) is 0. The summed E-state index contributed by atoms with van der Waals surface area (Å²) in [5.74, 6) is 1.37. The number of benzene rings is 2. The van der Waals surface area contributed by atoms with Crippen LogP contribution in [-0.2, 0) is 0 Å². The molecule has 1 amide bonds. The van der Waals surface area contributed by atoms with Crippen molar-refractivity contribution in [2.45, 2.75) is 26.7 Å². The predicted molar refractivity (Wildman–Crippen MR) is 102 cm³/mol. The van der Waals surface area contributed by atoms with Crippen molar-refractivity contribution >= 4 is 11.6 Å². The first kappa shape index (κ1) is 18.6. The van der Waals surface area contributed by atoms with Crippen LogP contribution in [0.2, 0.25) is 0 Å². The summed E-state index contributed by atoms with van der Waals surface area (Å²) < 4.78 is 11.1. The Balaban J connectivity index is 1.89. The molecule has 0 bridgehead atoms. The summed E-state index contributed by atoms with van der Waals surface area (Å²) in [6.07, 6.45) is 2.12. The lowest BCUT2D eigenvalue weighted by molar-refractivity contribution is 0.102. The molecule has 25 heavy (non-hydrogen) atoms. The first-order valence-electron chi connectivity index (χ1n) is 8.50. The van der Waals surface area contributed by atoms with E-state index in [0.717, 1.165) is 35.6 Å². The van der Waals surface area contributed by atoms with E-state index in [1.54, 1.807) is 12.1 Å². The molecule has 0 saturated carbocycles. The Hall–Kier alpha value is -2.75. The van der Waals surface area contributed by atoms with Crippen molar-refractivity contribution in [1.82, 2.24) is 0 Å². The van der Waals surface area contributed by atoms with Gasteiger partial charge in [0.2, 0.25) is 0 Å². The van der Waals surface area contributed by atoms with Crippen molar-refractivity contribution in [1.29, 1.82) is 0 Å². The maximum absolute atomic E-state index is 12.3. The van der Waals surface area contributed by atoms with Gasteiger partial charge in [-0.05, 0) is 67.4 Å². The highest BCUT2D eigenvalue weighted by Gasteiger charge is 2.06. The molecular formula is C21H25NO3. The Labute approximate surface area is 149 Å². The van der Waals surface area contributed by atoms with Crippen LogP contribution in [0.15, 0.2) is 60.7 Å². The van der Waals surface area contributed by atoms with Gasteiger partial charge in [-0.1, -0.05) is 19.9 Å². The van der Waals surface area contributed by atoms with Gasteiger partial charge < -0.3 is 14.8 Å². The Morgan fingerprint density at radius 1 is 1.00 bits per heavy atom. The zero-order chi connectivity index (χ0) is 18.1. The van der Waals surface area contributed by atoms with Crippen molar-refractivity contribution in [3.8, 4) is 11.5 Å². The van der Waals surface area contributed by atoms with Crippen LogP contribution in [0, 0.1) is 0 Å². The molecule has 0 aliphatic rings. The fourth-order valence-corrected chi connectivity index (χ4v) is 2.08. The second-order valence-electron chi connectivity index (χ2n) is 5.95. The molecule has 2 aromatic carbocycles. The molecule has 132 valence electrons. The van der Waals surface area contributed by atoms with Gasteiger partial charge in [0.15, 0.2) is 0 Å². The minimum atomic E-state index is -0.157. The number of carbonyl (C=O) groups excluding carboxylic acids is 1. The van der Waals surface area contributed by atoms with Crippen molar-refractivity contribution in [2.75, 3.05) is 18.5 Å². The monoisotopic (exact) mass is 339 g/mol. The fourth-order valence-electron chi connectivity index (χ4n) is 2.08. The zero-order valence-electron chi connectivity index (χ0n) is 14.9. The fraction of sp³-hybridized carbons (Fsp3) is 0.286. The van der Waals surface area contributed by atoms with Crippen molar-refractivity contribution in [3.63, 3.8) is 0 Å². The molecule has 0 radical (unpaired) electrons. The standard InChI is InChI=1S/C21H25NO3/c1-4-5-14-24-19-10-6-17(7-11-19)21(23)22-18-8-12-20(13-9-18)25-15-16(2)3/h6-13H,2,4-5,14-15H2,1,3H3,(H,22,23). The van der Waals surface area contributed by atoms with E-state index in [9.17, 15) is 4.79 Å². The number of ether oxygens (including phenoxy) is 2. The Morgan fingerprint density at radius 2 is 1.60 bits per heavy atom. The van der Waals surface area contributed by atoms with Crippen molar-refractivity contribution in [3.05, 3.63) is 66.2 Å². The van der Waals surface area contributed by atoms with E-state index < -0.39 is 0 Å². The molecule has 0 saturated heterocycles. The first-order valence-corrected chi connectivity index (χ1v) is 8.50. The van der Waals surface area contributed by atoms with E-state index in [2.05, 4.69) is 18.8 Å². The largest absolute Gasteiger partial charge is 0.494 e. The van der Waals surface area contributed by atoms with E-state index in [1.165, 1.54) is 0 Å². The molecule has 0 heterocycles. The summed E-state index contributed by atoms with van der Waals surface area (Å²) in [5.41, 5.74) is 2.26. The van der Waals surface area contributed by atoms with Gasteiger partial charge in [0.05, 0.1) is 6.61 Å². The summed E-state index contributed by atoms with van der Waals surface area (Å²) in [6, 6.07) is 14.4. The number of nitrogens with one attached hydrogen (secondary N) is 1. The molecule has 0 spiro atoms. The lowest BCUT2D eigenvalue weighted by atomic mass is 10.2. The van der Waals surface area contributed by atoms with Crippen LogP contribution in [0.25, 0.3) is 0 Å². The maximum Gasteiger partial charge on any atom is 0.255 e. The Kier molecular flexibility index (Phi) is 7.08. The number of hydrogen-bond acceptors (Lipinski definition) is 3. The number of hydrogen-bond donors (Lipinski definition) is 1. The third kappa shape index (κ3) is 6.34. The second kappa shape index (κ2) is 9.52. The van der Waals surface area contributed by atoms with Gasteiger partial charge in [-0.2, -0.15) is 0 Å². The molecule has 0 unspecified atom stereocenters. The van der Waals surface area contributed by atoms with Crippen molar-refractivity contribution in [2.24, 2.45) is 0 Å². The number of amides is 1. The van der Waals surface area contributed by atoms with E-state index in [1.807, 2.05) is 43.3 Å². The van der Waals surface area contributed by atoms with Crippen LogP contribution in [0.3, 0.4) is 0 Å². The molecule has 2 aromatic rings. The highest BCUT2D eigenvalue weighted by molar-refractivity contribution is 6.04. The molecule has 4 nitrogen and oxygen atoms in total. The quantitative estimate of drug-likeness (QED) is 0.512. The van der Waals surface area contributed by atoms with Gasteiger partial charge in [0, 0.05) is 11.3 Å². The number of carbonyl (C=O) groups is 1. The Morgan fingerprint density at radius 3 is 2.20 bits per heavy atom. The van der Waals surface area contributed by atoms with Gasteiger partial charge in [-0.3, -0.25) is 4.79 Å². The van der Waals surface area contributed by atoms with Crippen molar-refractivity contribution < 1.29 is 14.3 Å². The molecule has 0 aliphatic heterocycles.